The fourth-order valence-corrected chi connectivity index (χ4v) is 3.69. The van der Waals surface area contributed by atoms with Gasteiger partial charge in [-0.3, -0.25) is 0 Å². The summed E-state index contributed by atoms with van der Waals surface area (Å²) in [5.74, 6) is 0.291. The number of ether oxygens (including phenoxy) is 1. The van der Waals surface area contributed by atoms with Crippen molar-refractivity contribution in [1.82, 2.24) is 15.4 Å². The van der Waals surface area contributed by atoms with E-state index in [2.05, 4.69) is 25.1 Å². The van der Waals surface area contributed by atoms with Crippen LogP contribution in [0.15, 0.2) is 29.3 Å². The van der Waals surface area contributed by atoms with Gasteiger partial charge in [0.05, 0.1) is 12.3 Å². The minimum absolute atomic E-state index is 0. The van der Waals surface area contributed by atoms with Gasteiger partial charge in [0.25, 0.3) is 0 Å². The molecule has 3 N–H and O–H groups in total. The first kappa shape index (κ1) is 26.8. The molecular weight excluding hydrogens is 536 g/mol. The molecule has 1 saturated carbocycles. The number of nitrogens with zero attached hydrogens (tertiary/aromatic N) is 1. The van der Waals surface area contributed by atoms with Crippen molar-refractivity contribution in [3.8, 4) is 5.75 Å². The molecule has 0 heterocycles. The maximum atomic E-state index is 12.5. The summed E-state index contributed by atoms with van der Waals surface area (Å²) in [5.41, 5.74) is 0.261. The Morgan fingerprint density at radius 2 is 1.93 bits per heavy atom. The Kier molecular flexibility index (Phi) is 11.2. The minimum Gasteiger partial charge on any atom is -0.405 e. The molecule has 1 aromatic rings. The van der Waals surface area contributed by atoms with Gasteiger partial charge in [-0.15, -0.1) is 37.1 Å². The number of hydrogen-bond donors (Lipinski definition) is 3. The standard InChI is InChI=1S/C18H27F3N4O3S.HI/c1-2-22-17(23-10-11-29(26,27)25-12-14-6-5-7-14)24-13-15-8-3-4-9-16(15)28-18(19,20)21;/h3-4,8-9,14,25H,2,5-7,10-13H2,1H3,(H2,22,23,24);1H. The van der Waals surface area contributed by atoms with Gasteiger partial charge in [0.15, 0.2) is 5.96 Å². The van der Waals surface area contributed by atoms with E-state index in [1.54, 1.807) is 6.07 Å². The number of guanidine groups is 1. The molecule has 0 radical (unpaired) electrons. The van der Waals surface area contributed by atoms with Crippen molar-refractivity contribution in [1.29, 1.82) is 0 Å². The average molecular weight is 564 g/mol. The predicted molar refractivity (Wildman–Crippen MR) is 120 cm³/mol. The predicted octanol–water partition coefficient (Wildman–Crippen LogP) is 2.98. The molecule has 0 spiro atoms. The number of sulfonamides is 1. The molecule has 0 aliphatic heterocycles. The Morgan fingerprint density at radius 3 is 2.53 bits per heavy atom. The lowest BCUT2D eigenvalue weighted by Gasteiger charge is -2.25. The van der Waals surface area contributed by atoms with E-state index in [4.69, 9.17) is 0 Å². The van der Waals surface area contributed by atoms with Gasteiger partial charge < -0.3 is 15.4 Å². The molecule has 0 atom stereocenters. The lowest BCUT2D eigenvalue weighted by atomic mass is 9.86. The van der Waals surface area contributed by atoms with E-state index >= 15 is 0 Å². The number of rotatable bonds is 10. The van der Waals surface area contributed by atoms with Crippen LogP contribution < -0.4 is 20.1 Å². The largest absolute Gasteiger partial charge is 0.573 e. The van der Waals surface area contributed by atoms with E-state index in [9.17, 15) is 21.6 Å². The molecule has 7 nitrogen and oxygen atoms in total. The van der Waals surface area contributed by atoms with Crippen LogP contribution in [0.3, 0.4) is 0 Å². The maximum Gasteiger partial charge on any atom is 0.573 e. The highest BCUT2D eigenvalue weighted by Crippen LogP contribution is 2.27. The molecule has 172 valence electrons. The highest BCUT2D eigenvalue weighted by molar-refractivity contribution is 14.0. The van der Waals surface area contributed by atoms with E-state index < -0.39 is 16.4 Å². The maximum absolute atomic E-state index is 12.5. The molecule has 0 amide bonds. The Morgan fingerprint density at radius 1 is 1.23 bits per heavy atom. The number of benzene rings is 1. The lowest BCUT2D eigenvalue weighted by Crippen LogP contribution is -2.42. The van der Waals surface area contributed by atoms with Crippen LogP contribution in [0.5, 0.6) is 5.75 Å². The average Bonchev–Trinajstić information content (AvgIpc) is 2.58. The van der Waals surface area contributed by atoms with Crippen LogP contribution in [0.25, 0.3) is 0 Å². The van der Waals surface area contributed by atoms with Crippen LogP contribution in [0.1, 0.15) is 31.7 Å². The first-order chi connectivity index (χ1) is 13.7. The Labute approximate surface area is 192 Å². The second kappa shape index (κ2) is 12.5. The molecule has 1 aromatic carbocycles. The van der Waals surface area contributed by atoms with Crippen LogP contribution in [0, 0.1) is 5.92 Å². The molecule has 1 fully saturated rings. The van der Waals surface area contributed by atoms with Crippen molar-refractivity contribution < 1.29 is 26.3 Å². The van der Waals surface area contributed by atoms with Gasteiger partial charge >= 0.3 is 6.36 Å². The second-order valence-corrected chi connectivity index (χ2v) is 8.67. The summed E-state index contributed by atoms with van der Waals surface area (Å²) in [6.45, 7) is 2.86. The number of nitrogens with one attached hydrogen (secondary N) is 3. The number of halogens is 4. The zero-order chi connectivity index (χ0) is 21.3. The van der Waals surface area contributed by atoms with Crippen LogP contribution >= 0.6 is 24.0 Å². The number of alkyl halides is 3. The first-order valence-electron chi connectivity index (χ1n) is 9.51. The quantitative estimate of drug-likeness (QED) is 0.231. The fraction of sp³-hybridized carbons (Fsp3) is 0.611. The molecule has 0 bridgehead atoms. The molecule has 2 rings (SSSR count). The van der Waals surface area contributed by atoms with Gasteiger partial charge in [0, 0.05) is 25.2 Å². The lowest BCUT2D eigenvalue weighted by molar-refractivity contribution is -0.274. The van der Waals surface area contributed by atoms with Crippen molar-refractivity contribution in [3.63, 3.8) is 0 Å². The summed E-state index contributed by atoms with van der Waals surface area (Å²) in [7, 11) is -3.40. The monoisotopic (exact) mass is 564 g/mol. The Hall–Kier alpha value is -1.28. The van der Waals surface area contributed by atoms with Crippen LogP contribution in [-0.2, 0) is 16.6 Å². The van der Waals surface area contributed by atoms with E-state index in [0.29, 0.717) is 25.0 Å². The summed E-state index contributed by atoms with van der Waals surface area (Å²) in [4.78, 5) is 4.22. The minimum atomic E-state index is -4.79. The van der Waals surface area contributed by atoms with Crippen molar-refractivity contribution in [2.75, 3.05) is 25.4 Å². The third-order valence-electron chi connectivity index (χ3n) is 4.43. The summed E-state index contributed by atoms with van der Waals surface area (Å²) >= 11 is 0. The SMILES string of the molecule is CCNC(=NCc1ccccc1OC(F)(F)F)NCCS(=O)(=O)NCC1CCC1.I. The summed E-state index contributed by atoms with van der Waals surface area (Å²) in [6.07, 6.45) is -1.54. The summed E-state index contributed by atoms with van der Waals surface area (Å²) in [5, 5.41) is 5.82. The highest BCUT2D eigenvalue weighted by atomic mass is 127. The van der Waals surface area contributed by atoms with Crippen molar-refractivity contribution >= 4 is 40.0 Å². The van der Waals surface area contributed by atoms with Gasteiger partial charge in [-0.2, -0.15) is 0 Å². The van der Waals surface area contributed by atoms with Gasteiger partial charge in [-0.25, -0.2) is 18.1 Å². The third-order valence-corrected chi connectivity index (χ3v) is 5.78. The van der Waals surface area contributed by atoms with E-state index in [1.807, 2.05) is 6.92 Å². The normalized spacial score (nSPS) is 15.1. The zero-order valence-electron chi connectivity index (χ0n) is 16.7. The molecule has 30 heavy (non-hydrogen) atoms. The van der Waals surface area contributed by atoms with Crippen LogP contribution in [0.2, 0.25) is 0 Å². The highest BCUT2D eigenvalue weighted by Gasteiger charge is 2.31. The third kappa shape index (κ3) is 10.2. The Bertz CT molecular complexity index is 787. The van der Waals surface area contributed by atoms with Crippen LogP contribution in [0.4, 0.5) is 13.2 Å². The molecular formula is C18H28F3IN4O3S. The molecule has 0 unspecified atom stereocenters. The summed E-state index contributed by atoms with van der Waals surface area (Å²) in [6, 6.07) is 5.75. The van der Waals surface area contributed by atoms with Crippen LogP contribution in [-0.4, -0.2) is 46.1 Å². The molecule has 1 aliphatic rings. The molecule has 0 aromatic heterocycles. The van der Waals surface area contributed by atoms with Gasteiger partial charge in [-0.1, -0.05) is 24.6 Å². The Balaban J connectivity index is 0.00000450. The van der Waals surface area contributed by atoms with Crippen molar-refractivity contribution in [2.45, 2.75) is 39.1 Å². The van der Waals surface area contributed by atoms with E-state index in [-0.39, 0.29) is 54.1 Å². The van der Waals surface area contributed by atoms with Gasteiger partial charge in [0.2, 0.25) is 10.0 Å². The second-order valence-electron chi connectivity index (χ2n) is 6.74. The van der Waals surface area contributed by atoms with E-state index in [1.165, 1.54) is 18.2 Å². The van der Waals surface area contributed by atoms with Gasteiger partial charge in [0.1, 0.15) is 5.75 Å². The van der Waals surface area contributed by atoms with Crippen molar-refractivity contribution in [2.24, 2.45) is 10.9 Å². The number of para-hydroxylation sites is 1. The molecule has 12 heteroatoms. The zero-order valence-corrected chi connectivity index (χ0v) is 19.8. The smallest absolute Gasteiger partial charge is 0.405 e. The summed E-state index contributed by atoms with van der Waals surface area (Å²) < 4.78 is 68.2. The molecule has 1 aliphatic carbocycles. The first-order valence-corrected chi connectivity index (χ1v) is 11.2. The fourth-order valence-electron chi connectivity index (χ4n) is 2.68. The molecule has 0 saturated heterocycles. The van der Waals surface area contributed by atoms with Crippen molar-refractivity contribution in [3.05, 3.63) is 29.8 Å². The van der Waals surface area contributed by atoms with E-state index in [0.717, 1.165) is 19.3 Å². The number of hydrogen-bond acceptors (Lipinski definition) is 4. The topological polar surface area (TPSA) is 91.8 Å². The van der Waals surface area contributed by atoms with Gasteiger partial charge in [-0.05, 0) is 31.7 Å². The number of aliphatic imine (C=N–C) groups is 1.